The summed E-state index contributed by atoms with van der Waals surface area (Å²) in [4.78, 5) is 27.4. The second-order valence-corrected chi connectivity index (χ2v) is 10.2. The van der Waals surface area contributed by atoms with E-state index in [0.717, 1.165) is 12.3 Å². The van der Waals surface area contributed by atoms with E-state index in [4.69, 9.17) is 11.6 Å². The highest BCUT2D eigenvalue weighted by Crippen LogP contribution is 2.22. The van der Waals surface area contributed by atoms with E-state index in [1.165, 1.54) is 23.1 Å². The van der Waals surface area contributed by atoms with E-state index in [1.807, 2.05) is 13.8 Å². The molecule has 0 aromatic heterocycles. The van der Waals surface area contributed by atoms with Gasteiger partial charge in [0.2, 0.25) is 21.8 Å². The van der Waals surface area contributed by atoms with E-state index in [0.29, 0.717) is 21.3 Å². The van der Waals surface area contributed by atoms with E-state index in [9.17, 15) is 22.4 Å². The molecule has 0 fully saturated rings. The summed E-state index contributed by atoms with van der Waals surface area (Å²) in [7, 11) is -3.99. The fourth-order valence-corrected chi connectivity index (χ4v) is 4.06. The molecule has 0 aliphatic carbocycles. The summed E-state index contributed by atoms with van der Waals surface area (Å²) in [5.74, 6) is -1.79. The number of nitrogens with one attached hydrogen (secondary N) is 1. The van der Waals surface area contributed by atoms with Gasteiger partial charge < -0.3 is 10.2 Å². The number of benzene rings is 2. The number of para-hydroxylation sites is 1. The standard InChI is InChI=1S/C23H29ClFN3O4S/c1-5-16(2)26-23(30)17(3)27(14-18-10-12-19(24)13-11-18)22(29)15-28(33(4,31)32)21-9-7-6-8-20(21)25/h6-13,16-17H,5,14-15H2,1-4H3,(H,26,30)/t16-,17+/m1/s1. The van der Waals surface area contributed by atoms with E-state index in [2.05, 4.69) is 5.32 Å². The Hall–Kier alpha value is -2.65. The van der Waals surface area contributed by atoms with Crippen molar-refractivity contribution in [2.45, 2.75) is 45.8 Å². The molecule has 10 heteroatoms. The molecule has 1 N–H and O–H groups in total. The molecule has 0 radical (unpaired) electrons. The Morgan fingerprint density at radius 3 is 2.24 bits per heavy atom. The summed E-state index contributed by atoms with van der Waals surface area (Å²) >= 11 is 5.95. The molecule has 0 unspecified atom stereocenters. The maximum atomic E-state index is 14.4. The molecule has 0 aliphatic rings. The number of nitrogens with zero attached hydrogens (tertiary/aromatic N) is 2. The van der Waals surface area contributed by atoms with Gasteiger partial charge in [-0.05, 0) is 50.1 Å². The number of hydrogen-bond donors (Lipinski definition) is 1. The molecular weight excluding hydrogens is 469 g/mol. The molecule has 0 spiro atoms. The van der Waals surface area contributed by atoms with Gasteiger partial charge in [-0.25, -0.2) is 12.8 Å². The van der Waals surface area contributed by atoms with Crippen molar-refractivity contribution in [2.24, 2.45) is 0 Å². The van der Waals surface area contributed by atoms with Gasteiger partial charge in [0, 0.05) is 17.6 Å². The molecule has 7 nitrogen and oxygen atoms in total. The summed E-state index contributed by atoms with van der Waals surface area (Å²) in [6.07, 6.45) is 1.61. The second-order valence-electron chi connectivity index (χ2n) is 7.86. The van der Waals surface area contributed by atoms with E-state index in [-0.39, 0.29) is 24.2 Å². The Labute approximate surface area is 199 Å². The van der Waals surface area contributed by atoms with Crippen LogP contribution in [0.1, 0.15) is 32.8 Å². The van der Waals surface area contributed by atoms with Crippen molar-refractivity contribution in [3.05, 3.63) is 64.9 Å². The van der Waals surface area contributed by atoms with Gasteiger partial charge in [0.1, 0.15) is 18.4 Å². The Morgan fingerprint density at radius 1 is 1.09 bits per heavy atom. The smallest absolute Gasteiger partial charge is 0.244 e. The average Bonchev–Trinajstić information content (AvgIpc) is 2.76. The van der Waals surface area contributed by atoms with Crippen LogP contribution in [0.15, 0.2) is 48.5 Å². The Morgan fingerprint density at radius 2 is 1.70 bits per heavy atom. The second kappa shape index (κ2) is 11.5. The van der Waals surface area contributed by atoms with Crippen molar-refractivity contribution >= 4 is 39.1 Å². The lowest BCUT2D eigenvalue weighted by atomic mass is 10.1. The lowest BCUT2D eigenvalue weighted by Gasteiger charge is -2.32. The van der Waals surface area contributed by atoms with E-state index in [1.54, 1.807) is 31.2 Å². The van der Waals surface area contributed by atoms with Crippen molar-refractivity contribution in [1.29, 1.82) is 0 Å². The predicted molar refractivity (Wildman–Crippen MR) is 128 cm³/mol. The third-order valence-corrected chi connectivity index (χ3v) is 6.61. The summed E-state index contributed by atoms with van der Waals surface area (Å²) in [5.41, 5.74) is 0.462. The summed E-state index contributed by atoms with van der Waals surface area (Å²) in [6.45, 7) is 4.72. The maximum absolute atomic E-state index is 14.4. The number of carbonyl (C=O) groups excluding carboxylic acids is 2. The molecule has 2 amide bonds. The van der Waals surface area contributed by atoms with E-state index >= 15 is 0 Å². The van der Waals surface area contributed by atoms with Crippen LogP contribution in [0.25, 0.3) is 0 Å². The van der Waals surface area contributed by atoms with Gasteiger partial charge in [-0.1, -0.05) is 42.8 Å². The molecule has 2 atom stereocenters. The maximum Gasteiger partial charge on any atom is 0.244 e. The first-order valence-electron chi connectivity index (χ1n) is 10.5. The van der Waals surface area contributed by atoms with Crippen molar-refractivity contribution in [1.82, 2.24) is 10.2 Å². The van der Waals surface area contributed by atoms with Crippen LogP contribution < -0.4 is 9.62 Å². The van der Waals surface area contributed by atoms with Crippen LogP contribution in [0.3, 0.4) is 0 Å². The quantitative estimate of drug-likeness (QED) is 0.543. The van der Waals surface area contributed by atoms with Crippen LogP contribution in [0, 0.1) is 5.82 Å². The number of hydrogen-bond acceptors (Lipinski definition) is 4. The third kappa shape index (κ3) is 7.43. The van der Waals surface area contributed by atoms with Gasteiger partial charge in [0.15, 0.2) is 0 Å². The number of anilines is 1. The first-order valence-corrected chi connectivity index (χ1v) is 12.7. The van der Waals surface area contributed by atoms with Crippen molar-refractivity contribution < 1.29 is 22.4 Å². The van der Waals surface area contributed by atoms with Crippen LogP contribution in [0.5, 0.6) is 0 Å². The first kappa shape index (κ1) is 26.6. The first-order chi connectivity index (χ1) is 15.4. The monoisotopic (exact) mass is 497 g/mol. The Bertz CT molecular complexity index is 1080. The molecule has 2 rings (SSSR count). The highest BCUT2D eigenvalue weighted by atomic mass is 35.5. The van der Waals surface area contributed by atoms with Gasteiger partial charge in [-0.3, -0.25) is 13.9 Å². The van der Waals surface area contributed by atoms with Crippen molar-refractivity contribution in [3.63, 3.8) is 0 Å². The van der Waals surface area contributed by atoms with Crippen LogP contribution in [0.2, 0.25) is 5.02 Å². The number of amides is 2. The number of halogens is 2. The lowest BCUT2D eigenvalue weighted by Crippen LogP contribution is -2.52. The zero-order valence-electron chi connectivity index (χ0n) is 19.1. The van der Waals surface area contributed by atoms with Gasteiger partial charge in [-0.2, -0.15) is 0 Å². The summed E-state index contributed by atoms with van der Waals surface area (Å²) in [5, 5.41) is 3.35. The molecule has 2 aromatic carbocycles. The summed E-state index contributed by atoms with van der Waals surface area (Å²) < 4.78 is 39.9. The normalized spacial score (nSPS) is 13.2. The van der Waals surface area contributed by atoms with Crippen molar-refractivity contribution in [3.8, 4) is 0 Å². The van der Waals surface area contributed by atoms with Crippen LogP contribution in [-0.2, 0) is 26.2 Å². The highest BCUT2D eigenvalue weighted by molar-refractivity contribution is 7.92. The fraction of sp³-hybridized carbons (Fsp3) is 0.391. The molecule has 0 bridgehead atoms. The van der Waals surface area contributed by atoms with Gasteiger partial charge in [0.25, 0.3) is 0 Å². The lowest BCUT2D eigenvalue weighted by molar-refractivity contribution is -0.139. The predicted octanol–water partition coefficient (Wildman–Crippen LogP) is 3.58. The minimum Gasteiger partial charge on any atom is -0.352 e. The Balaban J connectivity index is 2.39. The topological polar surface area (TPSA) is 86.8 Å². The highest BCUT2D eigenvalue weighted by Gasteiger charge is 2.31. The molecule has 0 aliphatic heterocycles. The molecule has 0 saturated heterocycles. The van der Waals surface area contributed by atoms with Crippen LogP contribution >= 0.6 is 11.6 Å². The Kier molecular flexibility index (Phi) is 9.25. The molecular formula is C23H29ClFN3O4S. The average molecular weight is 498 g/mol. The molecule has 0 saturated carbocycles. The number of rotatable bonds is 10. The third-order valence-electron chi connectivity index (χ3n) is 5.23. The minimum absolute atomic E-state index is 0.0416. The zero-order valence-corrected chi connectivity index (χ0v) is 20.7. The van der Waals surface area contributed by atoms with Crippen LogP contribution in [-0.4, -0.2) is 50.0 Å². The molecule has 2 aromatic rings. The minimum atomic E-state index is -3.99. The van der Waals surface area contributed by atoms with Gasteiger partial charge in [-0.15, -0.1) is 0 Å². The number of sulfonamides is 1. The zero-order chi connectivity index (χ0) is 24.8. The molecule has 180 valence electrons. The largest absolute Gasteiger partial charge is 0.352 e. The SMILES string of the molecule is CC[C@@H](C)NC(=O)[C@H](C)N(Cc1ccc(Cl)cc1)C(=O)CN(c1ccccc1F)S(C)(=O)=O. The van der Waals surface area contributed by atoms with E-state index < -0.39 is 34.3 Å². The summed E-state index contributed by atoms with van der Waals surface area (Å²) in [6, 6.07) is 11.1. The molecule has 33 heavy (non-hydrogen) atoms. The van der Waals surface area contributed by atoms with Crippen LogP contribution in [0.4, 0.5) is 10.1 Å². The van der Waals surface area contributed by atoms with Gasteiger partial charge >= 0.3 is 0 Å². The fourth-order valence-electron chi connectivity index (χ4n) is 3.08. The number of carbonyl (C=O) groups is 2. The van der Waals surface area contributed by atoms with Crippen molar-refractivity contribution in [2.75, 3.05) is 17.1 Å². The molecule has 0 heterocycles. The van der Waals surface area contributed by atoms with Gasteiger partial charge in [0.05, 0.1) is 11.9 Å².